The van der Waals surface area contributed by atoms with Gasteiger partial charge in [0.05, 0.1) is 17.6 Å². The van der Waals surface area contributed by atoms with Crippen molar-refractivity contribution in [2.24, 2.45) is 5.92 Å². The van der Waals surface area contributed by atoms with Crippen LogP contribution >= 0.6 is 23.2 Å². The van der Waals surface area contributed by atoms with Crippen LogP contribution in [0.2, 0.25) is 10.2 Å². The first-order chi connectivity index (χ1) is 15.1. The van der Waals surface area contributed by atoms with E-state index in [-0.39, 0.29) is 17.6 Å². The highest BCUT2D eigenvalue weighted by atomic mass is 35.5. The summed E-state index contributed by atoms with van der Waals surface area (Å²) in [7, 11) is 0. The monoisotopic (exact) mass is 497 g/mol. The number of hydrogen-bond acceptors (Lipinski definition) is 7. The Morgan fingerprint density at radius 3 is 2.24 bits per heavy atom. The highest BCUT2D eigenvalue weighted by molar-refractivity contribution is 6.32. The number of carbonyl (C=O) groups is 2. The minimum Gasteiger partial charge on any atom is -0.470 e. The number of benzene rings is 1. The molecule has 3 rings (SSSR count). The van der Waals surface area contributed by atoms with E-state index in [1.807, 2.05) is 6.92 Å². The molecule has 0 saturated carbocycles. The normalized spacial score (nSPS) is 21.2. The molecule has 0 N–H and O–H groups in total. The second-order valence-corrected chi connectivity index (χ2v) is 10.9. The first-order valence-electron chi connectivity index (χ1n) is 10.7. The third-order valence-corrected chi connectivity index (χ3v) is 5.37. The molecule has 10 heteroatoms. The second-order valence-electron chi connectivity index (χ2n) is 10.1. The van der Waals surface area contributed by atoms with Gasteiger partial charge in [-0.3, -0.25) is 4.90 Å². The van der Waals surface area contributed by atoms with Crippen LogP contribution in [0.25, 0.3) is 11.0 Å². The van der Waals surface area contributed by atoms with Crippen LogP contribution in [0.3, 0.4) is 0 Å². The second kappa shape index (κ2) is 9.14. The zero-order valence-corrected chi connectivity index (χ0v) is 21.3. The summed E-state index contributed by atoms with van der Waals surface area (Å²) in [6.45, 7) is 12.5. The highest BCUT2D eigenvalue weighted by Gasteiger charge is 2.50. The van der Waals surface area contributed by atoms with Crippen LogP contribution in [0.1, 0.15) is 48.5 Å². The summed E-state index contributed by atoms with van der Waals surface area (Å²) in [5.41, 5.74) is -0.371. The van der Waals surface area contributed by atoms with Crippen molar-refractivity contribution in [3.63, 3.8) is 0 Å². The largest absolute Gasteiger partial charge is 0.470 e. The lowest BCUT2D eigenvalue weighted by molar-refractivity contribution is -0.161. The van der Waals surface area contributed by atoms with Crippen LogP contribution in [0.4, 0.5) is 4.79 Å². The van der Waals surface area contributed by atoms with Gasteiger partial charge in [0.25, 0.3) is 5.88 Å². The smallest absolute Gasteiger partial charge is 0.411 e. The summed E-state index contributed by atoms with van der Waals surface area (Å²) < 4.78 is 17.2. The van der Waals surface area contributed by atoms with E-state index < -0.39 is 41.3 Å². The molecular formula is C23H29Cl2N3O5. The number of likely N-dealkylation sites (tertiary alicyclic amines) is 1. The molecule has 0 bridgehead atoms. The Morgan fingerprint density at radius 2 is 1.64 bits per heavy atom. The highest BCUT2D eigenvalue weighted by Crippen LogP contribution is 2.33. The van der Waals surface area contributed by atoms with Crippen molar-refractivity contribution in [2.75, 3.05) is 6.54 Å². The number of ether oxygens (including phenoxy) is 3. The maximum absolute atomic E-state index is 13.0. The predicted molar refractivity (Wildman–Crippen MR) is 126 cm³/mol. The molecule has 2 aromatic rings. The minimum absolute atomic E-state index is 0.0709. The molecular weight excluding hydrogens is 469 g/mol. The molecule has 3 atom stereocenters. The quantitative estimate of drug-likeness (QED) is 0.532. The number of carbonyl (C=O) groups excluding carboxylic acids is 2. The number of nitrogens with zero attached hydrogens (tertiary/aromatic N) is 3. The van der Waals surface area contributed by atoms with Crippen LogP contribution in [0.5, 0.6) is 5.88 Å². The molecule has 0 spiro atoms. The van der Waals surface area contributed by atoms with E-state index in [4.69, 9.17) is 37.4 Å². The zero-order valence-electron chi connectivity index (χ0n) is 19.8. The molecule has 0 radical (unpaired) electrons. The van der Waals surface area contributed by atoms with Gasteiger partial charge in [0.1, 0.15) is 23.3 Å². The van der Waals surface area contributed by atoms with Crippen LogP contribution in [0, 0.1) is 5.92 Å². The fourth-order valence-corrected chi connectivity index (χ4v) is 3.87. The van der Waals surface area contributed by atoms with Crippen LogP contribution < -0.4 is 4.74 Å². The molecule has 1 aromatic heterocycles. The van der Waals surface area contributed by atoms with Gasteiger partial charge in [-0.15, -0.1) is 0 Å². The van der Waals surface area contributed by atoms with E-state index in [9.17, 15) is 9.59 Å². The molecule has 8 nitrogen and oxygen atoms in total. The number of esters is 1. The van der Waals surface area contributed by atoms with Crippen LogP contribution in [0.15, 0.2) is 18.2 Å². The Hall–Kier alpha value is -2.32. The van der Waals surface area contributed by atoms with E-state index in [2.05, 4.69) is 9.97 Å². The van der Waals surface area contributed by atoms with Crippen molar-refractivity contribution in [1.29, 1.82) is 0 Å². The standard InChI is InChI=1S/C23H29Cl2N3O5/c1-12-16(31-19-18(25)26-14-9-8-13(24)10-15(14)27-19)11-28(21(30)33-23(5,6)7)17(12)20(29)32-22(2,3)4/h8-10,12,16-17H,11H2,1-7H3/t12-,16+,17+/m1/s1. The Bertz CT molecular complexity index is 1060. The summed E-state index contributed by atoms with van der Waals surface area (Å²) in [5.74, 6) is -0.869. The van der Waals surface area contributed by atoms with Gasteiger partial charge >= 0.3 is 12.1 Å². The molecule has 1 aromatic carbocycles. The average molecular weight is 498 g/mol. The SMILES string of the molecule is C[C@@H]1[C@@H](Oc2nc3cc(Cl)ccc3nc2Cl)CN(C(=O)OC(C)(C)C)[C@@H]1C(=O)OC(C)(C)C. The lowest BCUT2D eigenvalue weighted by Crippen LogP contribution is -2.47. The molecule has 1 saturated heterocycles. The van der Waals surface area contributed by atoms with Gasteiger partial charge in [0.15, 0.2) is 5.15 Å². The van der Waals surface area contributed by atoms with Crippen molar-refractivity contribution in [1.82, 2.24) is 14.9 Å². The van der Waals surface area contributed by atoms with Crippen molar-refractivity contribution < 1.29 is 23.8 Å². The fraction of sp³-hybridized carbons (Fsp3) is 0.565. The lowest BCUT2D eigenvalue weighted by atomic mass is 10.0. The fourth-order valence-electron chi connectivity index (χ4n) is 3.53. The van der Waals surface area contributed by atoms with Gasteiger partial charge in [-0.2, -0.15) is 0 Å². The first-order valence-corrected chi connectivity index (χ1v) is 11.4. The molecule has 1 aliphatic rings. The van der Waals surface area contributed by atoms with Crippen molar-refractivity contribution >= 4 is 46.3 Å². The van der Waals surface area contributed by atoms with E-state index >= 15 is 0 Å². The van der Waals surface area contributed by atoms with Gasteiger partial charge in [-0.25, -0.2) is 19.6 Å². The summed E-state index contributed by atoms with van der Waals surface area (Å²) in [6.07, 6.45) is -1.22. The molecule has 180 valence electrons. The number of halogens is 2. The Labute approximate surface area is 203 Å². The predicted octanol–water partition coefficient (Wildman–Crippen LogP) is 5.28. The average Bonchev–Trinajstić information content (AvgIpc) is 2.96. The maximum Gasteiger partial charge on any atom is 0.411 e. The van der Waals surface area contributed by atoms with E-state index in [1.165, 1.54) is 4.90 Å². The molecule has 0 aliphatic carbocycles. The third kappa shape index (κ3) is 6.18. The minimum atomic E-state index is -0.897. The summed E-state index contributed by atoms with van der Waals surface area (Å²) in [4.78, 5) is 36.1. The number of rotatable bonds is 3. The molecule has 1 amide bonds. The Morgan fingerprint density at radius 1 is 1.00 bits per heavy atom. The van der Waals surface area contributed by atoms with E-state index in [1.54, 1.807) is 59.7 Å². The summed E-state index contributed by atoms with van der Waals surface area (Å²) in [5, 5.41) is 0.571. The topological polar surface area (TPSA) is 90.9 Å². The summed E-state index contributed by atoms with van der Waals surface area (Å²) in [6, 6.07) is 4.16. The molecule has 1 aliphatic heterocycles. The molecule has 1 fully saturated rings. The van der Waals surface area contributed by atoms with Gasteiger partial charge in [0.2, 0.25) is 0 Å². The maximum atomic E-state index is 13.0. The third-order valence-electron chi connectivity index (χ3n) is 4.89. The number of fused-ring (bicyclic) bond motifs is 1. The summed E-state index contributed by atoms with van der Waals surface area (Å²) >= 11 is 12.4. The van der Waals surface area contributed by atoms with E-state index in [0.717, 1.165) is 0 Å². The Kier molecular flexibility index (Phi) is 7.01. The van der Waals surface area contributed by atoms with Crippen LogP contribution in [-0.2, 0) is 14.3 Å². The zero-order chi connectivity index (χ0) is 24.7. The van der Waals surface area contributed by atoms with Gasteiger partial charge in [-0.05, 0) is 59.7 Å². The lowest BCUT2D eigenvalue weighted by Gasteiger charge is -2.30. The number of aromatic nitrogens is 2. The van der Waals surface area contributed by atoms with Gasteiger partial charge in [-0.1, -0.05) is 30.1 Å². The first kappa shape index (κ1) is 25.3. The molecule has 2 heterocycles. The Balaban J connectivity index is 1.91. The van der Waals surface area contributed by atoms with Gasteiger partial charge < -0.3 is 14.2 Å². The van der Waals surface area contributed by atoms with Crippen molar-refractivity contribution in [2.45, 2.75) is 71.8 Å². The number of hydrogen-bond donors (Lipinski definition) is 0. The van der Waals surface area contributed by atoms with E-state index in [0.29, 0.717) is 16.1 Å². The van der Waals surface area contributed by atoms with Crippen LogP contribution in [-0.4, -0.2) is 56.8 Å². The van der Waals surface area contributed by atoms with Crippen molar-refractivity contribution in [3.05, 3.63) is 28.4 Å². The van der Waals surface area contributed by atoms with Gasteiger partial charge in [0, 0.05) is 10.9 Å². The van der Waals surface area contributed by atoms with Crippen molar-refractivity contribution in [3.8, 4) is 5.88 Å². The number of amides is 1. The molecule has 0 unspecified atom stereocenters. The molecule has 33 heavy (non-hydrogen) atoms.